The molecule has 1 amide bonds. The fraction of sp³-hybridized carbons (Fsp3) is 0.909. The van der Waals surface area contributed by atoms with Gasteiger partial charge in [-0.15, -0.1) is 0 Å². The third kappa shape index (κ3) is 2.13. The molecule has 0 radical (unpaired) electrons. The number of amides is 1. The van der Waals surface area contributed by atoms with Crippen LogP contribution < -0.4 is 5.32 Å². The summed E-state index contributed by atoms with van der Waals surface area (Å²) < 4.78 is 30.8. The van der Waals surface area contributed by atoms with Crippen LogP contribution in [0.25, 0.3) is 0 Å². The third-order valence-corrected chi connectivity index (χ3v) is 3.16. The van der Waals surface area contributed by atoms with E-state index in [-0.39, 0.29) is 6.04 Å². The number of hydrogen-bond acceptors (Lipinski definition) is 2. The molecule has 2 fully saturated rings. The van der Waals surface area contributed by atoms with Crippen LogP contribution in [0.2, 0.25) is 0 Å². The van der Waals surface area contributed by atoms with E-state index in [1.54, 1.807) is 20.8 Å². The molecule has 2 saturated carbocycles. The highest BCUT2D eigenvalue weighted by atomic mass is 19.3. The molecule has 0 heterocycles. The first-order valence-electron chi connectivity index (χ1n) is 5.57. The zero-order valence-electron chi connectivity index (χ0n) is 9.72. The first-order chi connectivity index (χ1) is 7.20. The molecule has 16 heavy (non-hydrogen) atoms. The number of halogens is 2. The summed E-state index contributed by atoms with van der Waals surface area (Å²) in [5.74, 6) is -3.52. The Morgan fingerprint density at radius 1 is 1.31 bits per heavy atom. The van der Waals surface area contributed by atoms with Crippen molar-refractivity contribution >= 4 is 6.09 Å². The summed E-state index contributed by atoms with van der Waals surface area (Å²) in [5.41, 5.74) is -0.546. The van der Waals surface area contributed by atoms with E-state index < -0.39 is 29.5 Å². The van der Waals surface area contributed by atoms with E-state index in [2.05, 4.69) is 5.32 Å². The van der Waals surface area contributed by atoms with Gasteiger partial charge in [-0.05, 0) is 33.6 Å². The Morgan fingerprint density at radius 2 is 1.81 bits per heavy atom. The van der Waals surface area contributed by atoms with E-state index in [4.69, 9.17) is 4.74 Å². The van der Waals surface area contributed by atoms with E-state index in [0.717, 1.165) is 0 Å². The predicted molar refractivity (Wildman–Crippen MR) is 54.3 cm³/mol. The molecule has 0 spiro atoms. The average Bonchev–Trinajstić information content (AvgIpc) is 2.45. The number of fused-ring (bicyclic) bond motifs is 1. The van der Waals surface area contributed by atoms with Crippen molar-refractivity contribution in [2.24, 2.45) is 11.8 Å². The largest absolute Gasteiger partial charge is 0.444 e. The summed E-state index contributed by atoms with van der Waals surface area (Å²) >= 11 is 0. The molecule has 2 unspecified atom stereocenters. The normalized spacial score (nSPS) is 35.4. The summed E-state index contributed by atoms with van der Waals surface area (Å²) in [5, 5.41) is 2.64. The standard InChI is InChI=1S/C11H17F2NO2/c1-10(2,3)16-9(15)14-6-4-7-8(5-6)11(7,12)13/h6-8H,4-5H2,1-3H3,(H,14,15). The average molecular weight is 233 g/mol. The van der Waals surface area contributed by atoms with Gasteiger partial charge in [-0.25, -0.2) is 13.6 Å². The van der Waals surface area contributed by atoms with Crippen molar-refractivity contribution < 1.29 is 18.3 Å². The monoisotopic (exact) mass is 233 g/mol. The number of alkyl halides is 2. The van der Waals surface area contributed by atoms with E-state index in [1.807, 2.05) is 0 Å². The molecule has 2 atom stereocenters. The number of alkyl carbamates (subject to hydrolysis) is 1. The van der Waals surface area contributed by atoms with Crippen LogP contribution >= 0.6 is 0 Å². The molecule has 0 aliphatic heterocycles. The van der Waals surface area contributed by atoms with Crippen LogP contribution in [0.4, 0.5) is 13.6 Å². The van der Waals surface area contributed by atoms with Gasteiger partial charge in [0.25, 0.3) is 5.92 Å². The second kappa shape index (κ2) is 3.31. The minimum atomic E-state index is -2.48. The molecule has 3 nitrogen and oxygen atoms in total. The molecule has 2 aliphatic carbocycles. The van der Waals surface area contributed by atoms with Gasteiger partial charge in [0.05, 0.1) is 0 Å². The maximum atomic E-state index is 12.9. The fourth-order valence-corrected chi connectivity index (χ4v) is 2.40. The van der Waals surface area contributed by atoms with Gasteiger partial charge in [-0.1, -0.05) is 0 Å². The van der Waals surface area contributed by atoms with Gasteiger partial charge in [0.2, 0.25) is 0 Å². The number of nitrogens with one attached hydrogen (secondary N) is 1. The predicted octanol–water partition coefficient (Wildman–Crippen LogP) is 2.55. The summed E-state index contributed by atoms with van der Waals surface area (Å²) in [6.07, 6.45) is 0.232. The van der Waals surface area contributed by atoms with E-state index >= 15 is 0 Å². The number of ether oxygens (including phenoxy) is 1. The van der Waals surface area contributed by atoms with Crippen LogP contribution in [-0.2, 0) is 4.74 Å². The lowest BCUT2D eigenvalue weighted by Gasteiger charge is -2.22. The van der Waals surface area contributed by atoms with Crippen molar-refractivity contribution in [2.75, 3.05) is 0 Å². The quantitative estimate of drug-likeness (QED) is 0.755. The highest BCUT2D eigenvalue weighted by Gasteiger charge is 2.71. The first-order valence-corrected chi connectivity index (χ1v) is 5.57. The lowest BCUT2D eigenvalue weighted by molar-refractivity contribution is 0.0437. The van der Waals surface area contributed by atoms with E-state index in [1.165, 1.54) is 0 Å². The minimum Gasteiger partial charge on any atom is -0.444 e. The van der Waals surface area contributed by atoms with Gasteiger partial charge in [0.1, 0.15) is 5.60 Å². The number of carbonyl (C=O) groups excluding carboxylic acids is 1. The lowest BCUT2D eigenvalue weighted by Crippen LogP contribution is -2.39. The van der Waals surface area contributed by atoms with Crippen molar-refractivity contribution in [3.05, 3.63) is 0 Å². The Hall–Kier alpha value is -0.870. The zero-order chi connectivity index (χ0) is 12.1. The second-order valence-corrected chi connectivity index (χ2v) is 5.70. The van der Waals surface area contributed by atoms with Crippen molar-refractivity contribution in [3.8, 4) is 0 Å². The molecule has 0 aromatic heterocycles. The van der Waals surface area contributed by atoms with Gasteiger partial charge < -0.3 is 10.1 Å². The summed E-state index contributed by atoms with van der Waals surface area (Å²) in [6.45, 7) is 5.31. The van der Waals surface area contributed by atoms with Gasteiger partial charge >= 0.3 is 6.09 Å². The van der Waals surface area contributed by atoms with Crippen molar-refractivity contribution in [1.29, 1.82) is 0 Å². The van der Waals surface area contributed by atoms with Gasteiger partial charge in [0, 0.05) is 17.9 Å². The Balaban J connectivity index is 1.76. The second-order valence-electron chi connectivity index (χ2n) is 5.70. The van der Waals surface area contributed by atoms with Crippen molar-refractivity contribution in [2.45, 2.75) is 51.2 Å². The molecule has 5 heteroatoms. The molecule has 2 aliphatic rings. The number of carbonyl (C=O) groups is 1. The maximum Gasteiger partial charge on any atom is 0.407 e. The molecule has 0 saturated heterocycles. The van der Waals surface area contributed by atoms with Crippen LogP contribution in [0.5, 0.6) is 0 Å². The van der Waals surface area contributed by atoms with Gasteiger partial charge in [-0.3, -0.25) is 0 Å². The Morgan fingerprint density at radius 3 is 2.25 bits per heavy atom. The third-order valence-electron chi connectivity index (χ3n) is 3.16. The Kier molecular flexibility index (Phi) is 2.40. The van der Waals surface area contributed by atoms with Crippen LogP contribution in [0, 0.1) is 11.8 Å². The SMILES string of the molecule is CC(C)(C)OC(=O)NC1CC2C(C1)C2(F)F. The lowest BCUT2D eigenvalue weighted by atomic mass is 10.1. The topological polar surface area (TPSA) is 38.3 Å². The van der Waals surface area contributed by atoms with Crippen molar-refractivity contribution in [1.82, 2.24) is 5.32 Å². The Labute approximate surface area is 93.5 Å². The Bertz CT molecular complexity index is 298. The number of rotatable bonds is 1. The van der Waals surface area contributed by atoms with E-state index in [0.29, 0.717) is 12.8 Å². The van der Waals surface area contributed by atoms with Crippen LogP contribution in [0.1, 0.15) is 33.6 Å². The van der Waals surface area contributed by atoms with Crippen LogP contribution in [0.3, 0.4) is 0 Å². The van der Waals surface area contributed by atoms with Gasteiger partial charge in [-0.2, -0.15) is 0 Å². The molecule has 1 N–H and O–H groups in total. The molecule has 0 aromatic rings. The fourth-order valence-electron chi connectivity index (χ4n) is 2.40. The van der Waals surface area contributed by atoms with Gasteiger partial charge in [0.15, 0.2) is 0 Å². The molecular weight excluding hydrogens is 216 g/mol. The zero-order valence-corrected chi connectivity index (χ0v) is 9.72. The van der Waals surface area contributed by atoms with Crippen LogP contribution in [0.15, 0.2) is 0 Å². The molecule has 0 aromatic carbocycles. The van der Waals surface area contributed by atoms with E-state index in [9.17, 15) is 13.6 Å². The first kappa shape index (κ1) is 11.6. The maximum absolute atomic E-state index is 12.9. The smallest absolute Gasteiger partial charge is 0.407 e. The molecular formula is C11H17F2NO2. The highest BCUT2D eigenvalue weighted by Crippen LogP contribution is 2.63. The summed E-state index contributed by atoms with van der Waals surface area (Å²) in [7, 11) is 0. The minimum absolute atomic E-state index is 0.149. The summed E-state index contributed by atoms with van der Waals surface area (Å²) in [4.78, 5) is 11.4. The highest BCUT2D eigenvalue weighted by molar-refractivity contribution is 5.68. The number of hydrogen-bond donors (Lipinski definition) is 1. The van der Waals surface area contributed by atoms with Crippen molar-refractivity contribution in [3.63, 3.8) is 0 Å². The molecule has 92 valence electrons. The summed E-state index contributed by atoms with van der Waals surface area (Å²) in [6, 6.07) is -0.149. The molecule has 2 rings (SSSR count). The molecule has 0 bridgehead atoms. The van der Waals surface area contributed by atoms with Crippen LogP contribution in [-0.4, -0.2) is 23.7 Å².